The van der Waals surface area contributed by atoms with Crippen molar-refractivity contribution in [1.29, 1.82) is 0 Å². The molecule has 50 valence electrons. The molecule has 0 bridgehead atoms. The normalized spacial score (nSPS) is 13.7. The van der Waals surface area contributed by atoms with Gasteiger partial charge in [0.1, 0.15) is 0 Å². The highest BCUT2D eigenvalue weighted by molar-refractivity contribution is 6.39. The van der Waals surface area contributed by atoms with Crippen molar-refractivity contribution < 1.29 is 0 Å². The van der Waals surface area contributed by atoms with Crippen molar-refractivity contribution in [2.75, 3.05) is 7.05 Å². The predicted octanol–water partition coefficient (Wildman–Crippen LogP) is 2.39. The summed E-state index contributed by atoms with van der Waals surface area (Å²) in [6.45, 7) is 5.45. The highest BCUT2D eigenvalue weighted by Gasteiger charge is 1.87. The van der Waals surface area contributed by atoms with Gasteiger partial charge in [-0.1, -0.05) is 24.3 Å². The minimum absolute atomic E-state index is 0.646. The Morgan fingerprint density at radius 1 is 1.67 bits per heavy atom. The third-order valence-electron chi connectivity index (χ3n) is 0.925. The fourth-order valence-corrected chi connectivity index (χ4v) is 0.487. The van der Waals surface area contributed by atoms with Crippen LogP contribution in [0.5, 0.6) is 0 Å². The molecule has 0 radical (unpaired) electrons. The molecular weight excluding hydrogens is 134 g/mol. The summed E-state index contributed by atoms with van der Waals surface area (Å²) in [6.07, 6.45) is 3.29. The fourth-order valence-electron chi connectivity index (χ4n) is 0.313. The zero-order valence-electron chi connectivity index (χ0n) is 5.69. The maximum atomic E-state index is 5.69. The van der Waals surface area contributed by atoms with Crippen molar-refractivity contribution >= 4 is 17.8 Å². The number of halogens is 1. The quantitative estimate of drug-likeness (QED) is 0.416. The first kappa shape index (κ1) is 8.44. The zero-order valence-corrected chi connectivity index (χ0v) is 6.44. The Hall–Kier alpha value is -0.560. The van der Waals surface area contributed by atoms with E-state index in [0.29, 0.717) is 5.03 Å². The molecule has 0 aliphatic rings. The first-order valence-electron chi connectivity index (χ1n) is 2.63. The maximum Gasteiger partial charge on any atom is 0.0613 e. The third kappa shape index (κ3) is 3.09. The van der Waals surface area contributed by atoms with E-state index in [1.165, 1.54) is 0 Å². The van der Waals surface area contributed by atoms with Gasteiger partial charge in [0.2, 0.25) is 0 Å². The molecule has 0 heterocycles. The molecule has 0 atom stereocenters. The monoisotopic (exact) mass is 143 g/mol. The number of aliphatic imine (C=N–C) groups is 1. The van der Waals surface area contributed by atoms with Crippen LogP contribution in [-0.2, 0) is 0 Å². The van der Waals surface area contributed by atoms with E-state index in [4.69, 9.17) is 11.6 Å². The number of nitrogens with zero attached hydrogens (tertiary/aromatic N) is 1. The summed E-state index contributed by atoms with van der Waals surface area (Å²) >= 11 is 5.69. The summed E-state index contributed by atoms with van der Waals surface area (Å²) in [6, 6.07) is 0. The number of hydrogen-bond acceptors (Lipinski definition) is 1. The Morgan fingerprint density at radius 2 is 2.22 bits per heavy atom. The van der Waals surface area contributed by atoms with Gasteiger partial charge in [0.15, 0.2) is 0 Å². The Labute approximate surface area is 60.7 Å². The van der Waals surface area contributed by atoms with Crippen LogP contribution in [0.4, 0.5) is 0 Å². The average molecular weight is 144 g/mol. The standard InChI is InChI=1S/C7H10ClN/c1-4-6(2)7(8)5-9-3/h4-5H,1H2,2-3H3/b7-6+,9-5?. The lowest BCUT2D eigenvalue weighted by atomic mass is 10.3. The molecule has 0 rings (SSSR count). The second-order valence-corrected chi connectivity index (χ2v) is 2.03. The summed E-state index contributed by atoms with van der Waals surface area (Å²) in [5.74, 6) is 0. The van der Waals surface area contributed by atoms with Crippen molar-refractivity contribution in [3.8, 4) is 0 Å². The van der Waals surface area contributed by atoms with Crippen LogP contribution < -0.4 is 0 Å². The van der Waals surface area contributed by atoms with E-state index in [1.54, 1.807) is 19.3 Å². The summed E-state index contributed by atoms with van der Waals surface area (Å²) in [4.78, 5) is 3.74. The topological polar surface area (TPSA) is 12.4 Å². The van der Waals surface area contributed by atoms with Crippen LogP contribution in [0.25, 0.3) is 0 Å². The molecule has 2 heteroatoms. The molecule has 0 saturated heterocycles. The Morgan fingerprint density at radius 3 is 2.56 bits per heavy atom. The minimum Gasteiger partial charge on any atom is -0.295 e. The van der Waals surface area contributed by atoms with Crippen LogP contribution in [0.3, 0.4) is 0 Å². The first-order chi connectivity index (χ1) is 4.22. The molecule has 0 fully saturated rings. The molecular formula is C7H10ClN. The van der Waals surface area contributed by atoms with Gasteiger partial charge in [-0.2, -0.15) is 0 Å². The molecule has 0 saturated carbocycles. The molecule has 0 amide bonds. The lowest BCUT2D eigenvalue weighted by Crippen LogP contribution is -1.77. The molecule has 0 N–H and O–H groups in total. The minimum atomic E-state index is 0.646. The smallest absolute Gasteiger partial charge is 0.0613 e. The Balaban J connectivity index is 4.27. The summed E-state index contributed by atoms with van der Waals surface area (Å²) in [5, 5.41) is 0.646. The van der Waals surface area contributed by atoms with Crippen molar-refractivity contribution in [2.45, 2.75) is 6.92 Å². The SMILES string of the molecule is C=C/C(C)=C(/Cl)C=NC. The van der Waals surface area contributed by atoms with Crippen LogP contribution in [-0.4, -0.2) is 13.3 Å². The fraction of sp³-hybridized carbons (Fsp3) is 0.286. The van der Waals surface area contributed by atoms with Gasteiger partial charge in [-0.3, -0.25) is 4.99 Å². The van der Waals surface area contributed by atoms with E-state index in [0.717, 1.165) is 5.57 Å². The van der Waals surface area contributed by atoms with Crippen LogP contribution in [0.2, 0.25) is 0 Å². The molecule has 1 nitrogen and oxygen atoms in total. The van der Waals surface area contributed by atoms with Crippen LogP contribution in [0, 0.1) is 0 Å². The molecule has 0 aromatic carbocycles. The van der Waals surface area contributed by atoms with E-state index >= 15 is 0 Å². The van der Waals surface area contributed by atoms with Crippen molar-refractivity contribution in [2.24, 2.45) is 4.99 Å². The van der Waals surface area contributed by atoms with Gasteiger partial charge in [-0.05, 0) is 12.5 Å². The van der Waals surface area contributed by atoms with Gasteiger partial charge in [-0.25, -0.2) is 0 Å². The third-order valence-corrected chi connectivity index (χ3v) is 1.32. The highest BCUT2D eigenvalue weighted by atomic mass is 35.5. The van der Waals surface area contributed by atoms with Gasteiger partial charge in [0.25, 0.3) is 0 Å². The number of hydrogen-bond donors (Lipinski definition) is 0. The van der Waals surface area contributed by atoms with Crippen LogP contribution in [0.1, 0.15) is 6.92 Å². The Bertz CT molecular complexity index is 156. The molecule has 0 aliphatic heterocycles. The van der Waals surface area contributed by atoms with E-state index in [1.807, 2.05) is 6.92 Å². The summed E-state index contributed by atoms with van der Waals surface area (Å²) in [7, 11) is 1.68. The van der Waals surface area contributed by atoms with E-state index in [-0.39, 0.29) is 0 Å². The van der Waals surface area contributed by atoms with E-state index in [2.05, 4.69) is 11.6 Å². The Kier molecular flexibility index (Phi) is 4.06. The average Bonchev–Trinajstić information content (AvgIpc) is 1.87. The lowest BCUT2D eigenvalue weighted by Gasteiger charge is -1.90. The van der Waals surface area contributed by atoms with E-state index < -0.39 is 0 Å². The molecule has 9 heavy (non-hydrogen) atoms. The highest BCUT2D eigenvalue weighted by Crippen LogP contribution is 2.06. The van der Waals surface area contributed by atoms with Gasteiger partial charge < -0.3 is 0 Å². The second kappa shape index (κ2) is 4.33. The van der Waals surface area contributed by atoms with Gasteiger partial charge in [0.05, 0.1) is 5.03 Å². The summed E-state index contributed by atoms with van der Waals surface area (Å²) < 4.78 is 0. The largest absolute Gasteiger partial charge is 0.295 e. The maximum absolute atomic E-state index is 5.69. The van der Waals surface area contributed by atoms with Crippen molar-refractivity contribution in [3.63, 3.8) is 0 Å². The molecule has 0 aliphatic carbocycles. The molecule has 0 aromatic rings. The molecule has 0 aromatic heterocycles. The predicted molar refractivity (Wildman–Crippen MR) is 43.2 cm³/mol. The van der Waals surface area contributed by atoms with Crippen LogP contribution >= 0.6 is 11.6 Å². The number of allylic oxidation sites excluding steroid dienone is 3. The van der Waals surface area contributed by atoms with Crippen LogP contribution in [0.15, 0.2) is 28.3 Å². The second-order valence-electron chi connectivity index (χ2n) is 1.62. The van der Waals surface area contributed by atoms with Crippen molar-refractivity contribution in [1.82, 2.24) is 0 Å². The first-order valence-corrected chi connectivity index (χ1v) is 3.01. The van der Waals surface area contributed by atoms with Gasteiger partial charge in [-0.15, -0.1) is 0 Å². The molecule has 0 spiro atoms. The lowest BCUT2D eigenvalue weighted by molar-refractivity contribution is 1.46. The van der Waals surface area contributed by atoms with Crippen molar-refractivity contribution in [3.05, 3.63) is 23.3 Å². The van der Waals surface area contributed by atoms with Gasteiger partial charge >= 0.3 is 0 Å². The summed E-state index contributed by atoms with van der Waals surface area (Å²) in [5.41, 5.74) is 0.947. The zero-order chi connectivity index (χ0) is 7.28. The molecule has 0 unspecified atom stereocenters. The number of rotatable bonds is 2. The van der Waals surface area contributed by atoms with E-state index in [9.17, 15) is 0 Å². The van der Waals surface area contributed by atoms with Gasteiger partial charge in [0, 0.05) is 13.3 Å².